The summed E-state index contributed by atoms with van der Waals surface area (Å²) in [6.07, 6.45) is 0. The minimum absolute atomic E-state index is 0.101. The standard InChI is InChI=1S/C14H10ClN3O2S/c1-8-6-12(13(19)20)18(17-8)14-16-11(7-21-14)9-2-4-10(15)5-3-9/h2-7H,1H3,(H,19,20). The molecule has 2 heterocycles. The van der Waals surface area contributed by atoms with Crippen molar-refractivity contribution in [3.8, 4) is 16.4 Å². The van der Waals surface area contributed by atoms with Gasteiger partial charge in [-0.3, -0.25) is 0 Å². The average Bonchev–Trinajstić information content (AvgIpc) is 3.06. The Morgan fingerprint density at radius 1 is 1.33 bits per heavy atom. The summed E-state index contributed by atoms with van der Waals surface area (Å²) in [5.41, 5.74) is 2.42. The summed E-state index contributed by atoms with van der Waals surface area (Å²) in [6, 6.07) is 8.83. The van der Waals surface area contributed by atoms with Crippen molar-refractivity contribution in [2.45, 2.75) is 6.92 Å². The van der Waals surface area contributed by atoms with Gasteiger partial charge in [-0.05, 0) is 25.1 Å². The summed E-state index contributed by atoms with van der Waals surface area (Å²) < 4.78 is 1.35. The number of carboxylic acid groups (broad SMARTS) is 1. The highest BCUT2D eigenvalue weighted by atomic mass is 35.5. The second-order valence-electron chi connectivity index (χ2n) is 4.41. The number of benzene rings is 1. The van der Waals surface area contributed by atoms with Crippen LogP contribution in [0.25, 0.3) is 16.4 Å². The van der Waals surface area contributed by atoms with Crippen LogP contribution in [-0.2, 0) is 0 Å². The summed E-state index contributed by atoms with van der Waals surface area (Å²) in [6.45, 7) is 1.75. The van der Waals surface area contributed by atoms with E-state index in [9.17, 15) is 9.90 Å². The topological polar surface area (TPSA) is 68.0 Å². The number of aryl methyl sites for hydroxylation is 1. The van der Waals surface area contributed by atoms with Crippen molar-refractivity contribution < 1.29 is 9.90 Å². The second kappa shape index (κ2) is 5.31. The van der Waals surface area contributed by atoms with Crippen molar-refractivity contribution in [3.05, 3.63) is 52.1 Å². The Morgan fingerprint density at radius 3 is 2.71 bits per heavy atom. The molecular weight excluding hydrogens is 310 g/mol. The van der Waals surface area contributed by atoms with E-state index in [2.05, 4.69) is 10.1 Å². The quantitative estimate of drug-likeness (QED) is 0.800. The zero-order chi connectivity index (χ0) is 15.0. The molecule has 106 valence electrons. The Labute approximate surface area is 129 Å². The smallest absolute Gasteiger partial charge is 0.354 e. The number of nitrogens with zero attached hydrogens (tertiary/aromatic N) is 3. The Hall–Kier alpha value is -2.18. The Bertz CT molecular complexity index is 808. The number of carboxylic acids is 1. The van der Waals surface area contributed by atoms with Gasteiger partial charge in [0.25, 0.3) is 0 Å². The van der Waals surface area contributed by atoms with Crippen molar-refractivity contribution in [1.29, 1.82) is 0 Å². The van der Waals surface area contributed by atoms with Crippen LogP contribution in [0.15, 0.2) is 35.7 Å². The first-order valence-corrected chi connectivity index (χ1v) is 7.32. The lowest BCUT2D eigenvalue weighted by Gasteiger charge is -1.99. The van der Waals surface area contributed by atoms with Gasteiger partial charge in [-0.15, -0.1) is 11.3 Å². The molecule has 0 unspecified atom stereocenters. The molecule has 0 bridgehead atoms. The predicted octanol–water partition coefficient (Wildman–Crippen LogP) is 3.66. The lowest BCUT2D eigenvalue weighted by Crippen LogP contribution is -2.07. The van der Waals surface area contributed by atoms with Crippen LogP contribution in [0.4, 0.5) is 0 Å². The van der Waals surface area contributed by atoms with Gasteiger partial charge in [0.1, 0.15) is 0 Å². The van der Waals surface area contributed by atoms with Gasteiger partial charge < -0.3 is 5.11 Å². The molecule has 0 atom stereocenters. The molecule has 0 fully saturated rings. The van der Waals surface area contributed by atoms with Crippen LogP contribution < -0.4 is 0 Å². The summed E-state index contributed by atoms with van der Waals surface area (Å²) >= 11 is 7.20. The number of rotatable bonds is 3. The highest BCUT2D eigenvalue weighted by Gasteiger charge is 2.16. The van der Waals surface area contributed by atoms with E-state index in [0.717, 1.165) is 11.3 Å². The lowest BCUT2D eigenvalue weighted by molar-refractivity contribution is 0.0687. The maximum atomic E-state index is 11.2. The molecule has 0 saturated heterocycles. The molecule has 2 aromatic heterocycles. The molecule has 0 aliphatic heterocycles. The van der Waals surface area contributed by atoms with Crippen LogP contribution in [0.5, 0.6) is 0 Å². The zero-order valence-corrected chi connectivity index (χ0v) is 12.5. The lowest BCUT2D eigenvalue weighted by atomic mass is 10.2. The molecule has 1 aromatic carbocycles. The third-order valence-electron chi connectivity index (χ3n) is 2.86. The predicted molar refractivity (Wildman–Crippen MR) is 81.4 cm³/mol. The van der Waals surface area contributed by atoms with E-state index in [1.54, 1.807) is 19.1 Å². The molecule has 0 saturated carbocycles. The van der Waals surface area contributed by atoms with Crippen LogP contribution in [0.2, 0.25) is 5.02 Å². The largest absolute Gasteiger partial charge is 0.477 e. The Morgan fingerprint density at radius 2 is 2.05 bits per heavy atom. The van der Waals surface area contributed by atoms with E-state index < -0.39 is 5.97 Å². The van der Waals surface area contributed by atoms with Gasteiger partial charge in [-0.1, -0.05) is 23.7 Å². The SMILES string of the molecule is Cc1cc(C(=O)O)n(-c2nc(-c3ccc(Cl)cc3)cs2)n1. The third kappa shape index (κ3) is 2.68. The van der Waals surface area contributed by atoms with E-state index in [1.165, 1.54) is 22.1 Å². The van der Waals surface area contributed by atoms with Gasteiger partial charge in [0.15, 0.2) is 5.69 Å². The number of carbonyl (C=O) groups is 1. The highest BCUT2D eigenvalue weighted by Crippen LogP contribution is 2.26. The first kappa shape index (κ1) is 13.8. The number of hydrogen-bond acceptors (Lipinski definition) is 4. The fraction of sp³-hybridized carbons (Fsp3) is 0.0714. The molecule has 21 heavy (non-hydrogen) atoms. The van der Waals surface area contributed by atoms with Gasteiger partial charge in [-0.2, -0.15) is 9.78 Å². The van der Waals surface area contributed by atoms with Gasteiger partial charge in [-0.25, -0.2) is 9.78 Å². The first-order chi connectivity index (χ1) is 10.0. The molecule has 0 radical (unpaired) electrons. The van der Waals surface area contributed by atoms with Gasteiger partial charge >= 0.3 is 5.97 Å². The minimum Gasteiger partial charge on any atom is -0.477 e. The van der Waals surface area contributed by atoms with Crippen molar-refractivity contribution in [2.75, 3.05) is 0 Å². The van der Waals surface area contributed by atoms with E-state index in [4.69, 9.17) is 11.6 Å². The van der Waals surface area contributed by atoms with E-state index in [0.29, 0.717) is 15.8 Å². The molecule has 0 amide bonds. The van der Waals surface area contributed by atoms with E-state index >= 15 is 0 Å². The normalized spacial score (nSPS) is 10.8. The second-order valence-corrected chi connectivity index (χ2v) is 5.68. The van der Waals surface area contributed by atoms with E-state index in [-0.39, 0.29) is 5.69 Å². The number of aromatic nitrogens is 3. The molecule has 0 aliphatic carbocycles. The molecule has 0 aliphatic rings. The molecule has 3 rings (SSSR count). The van der Waals surface area contributed by atoms with Crippen LogP contribution in [0.3, 0.4) is 0 Å². The van der Waals surface area contributed by atoms with Crippen LogP contribution in [0.1, 0.15) is 16.2 Å². The average molecular weight is 320 g/mol. The molecule has 3 aromatic rings. The van der Waals surface area contributed by atoms with Crippen LogP contribution in [-0.4, -0.2) is 25.8 Å². The van der Waals surface area contributed by atoms with Gasteiger partial charge in [0.05, 0.1) is 11.4 Å². The highest BCUT2D eigenvalue weighted by molar-refractivity contribution is 7.12. The van der Waals surface area contributed by atoms with Gasteiger partial charge in [0, 0.05) is 16.0 Å². The molecule has 1 N–H and O–H groups in total. The summed E-state index contributed by atoms with van der Waals surface area (Å²) in [5, 5.41) is 16.4. The van der Waals surface area contributed by atoms with Crippen molar-refractivity contribution in [2.24, 2.45) is 0 Å². The maximum Gasteiger partial charge on any atom is 0.354 e. The molecule has 7 heteroatoms. The first-order valence-electron chi connectivity index (χ1n) is 6.06. The third-order valence-corrected chi connectivity index (χ3v) is 3.93. The number of halogens is 1. The summed E-state index contributed by atoms with van der Waals surface area (Å²) in [4.78, 5) is 15.7. The monoisotopic (exact) mass is 319 g/mol. The van der Waals surface area contributed by atoms with Crippen molar-refractivity contribution >= 4 is 28.9 Å². The van der Waals surface area contributed by atoms with Crippen LogP contribution in [0, 0.1) is 6.92 Å². The van der Waals surface area contributed by atoms with Gasteiger partial charge in [0.2, 0.25) is 5.13 Å². The molecule has 0 spiro atoms. The molecule has 5 nitrogen and oxygen atoms in total. The fourth-order valence-electron chi connectivity index (χ4n) is 1.91. The summed E-state index contributed by atoms with van der Waals surface area (Å²) in [7, 11) is 0. The summed E-state index contributed by atoms with van der Waals surface area (Å²) in [5.74, 6) is -1.03. The van der Waals surface area contributed by atoms with Crippen LogP contribution >= 0.6 is 22.9 Å². The fourth-order valence-corrected chi connectivity index (χ4v) is 2.83. The minimum atomic E-state index is -1.03. The number of aromatic carboxylic acids is 1. The molecular formula is C14H10ClN3O2S. The Kier molecular flexibility index (Phi) is 3.48. The van der Waals surface area contributed by atoms with Crippen molar-refractivity contribution in [1.82, 2.24) is 14.8 Å². The Balaban J connectivity index is 2.02. The maximum absolute atomic E-state index is 11.2. The van der Waals surface area contributed by atoms with Crippen molar-refractivity contribution in [3.63, 3.8) is 0 Å². The zero-order valence-electron chi connectivity index (χ0n) is 10.9. The number of thiazole rings is 1. The number of hydrogen-bond donors (Lipinski definition) is 1. The van der Waals surface area contributed by atoms with E-state index in [1.807, 2.05) is 17.5 Å².